The first-order chi connectivity index (χ1) is 7.44. The van der Waals surface area contributed by atoms with Crippen LogP contribution in [0.3, 0.4) is 0 Å². The van der Waals surface area contributed by atoms with Crippen LogP contribution in [0.25, 0.3) is 0 Å². The molecule has 1 heterocycles. The summed E-state index contributed by atoms with van der Waals surface area (Å²) in [7, 11) is -3.53. The molecule has 0 N–H and O–H groups in total. The summed E-state index contributed by atoms with van der Waals surface area (Å²) in [6.45, 7) is 14.6. The summed E-state index contributed by atoms with van der Waals surface area (Å²) in [5.41, 5.74) is -0.926. The van der Waals surface area contributed by atoms with Crippen molar-refractivity contribution in [2.75, 3.05) is 6.61 Å². The molecule has 0 spiro atoms. The molecule has 0 aliphatic carbocycles. The van der Waals surface area contributed by atoms with Crippen LogP contribution in [0.4, 0.5) is 0 Å². The number of cyclic esters (lactones) is 1. The monoisotopic (exact) mass is 276 g/mol. The molecule has 0 bridgehead atoms. The van der Waals surface area contributed by atoms with Gasteiger partial charge in [0.1, 0.15) is 12.7 Å². The Bertz CT molecular complexity index is 306. The Hall–Kier alpha value is -0.176. The minimum absolute atomic E-state index is 0.270. The van der Waals surface area contributed by atoms with Gasteiger partial charge in [-0.2, -0.15) is 0 Å². The van der Waals surface area contributed by atoms with Crippen molar-refractivity contribution < 1.29 is 18.4 Å². The van der Waals surface area contributed by atoms with Crippen LogP contribution in [0.5, 0.6) is 0 Å². The Morgan fingerprint density at radius 2 is 1.71 bits per heavy atom. The second-order valence-corrected chi connectivity index (χ2v) is 15.5. The first-order valence-corrected chi connectivity index (χ1v) is 12.8. The molecule has 1 fully saturated rings. The summed E-state index contributed by atoms with van der Waals surface area (Å²) in [6.07, 6.45) is -0.270. The van der Waals surface area contributed by atoms with Gasteiger partial charge >= 0.3 is 5.97 Å². The van der Waals surface area contributed by atoms with E-state index in [0.29, 0.717) is 6.61 Å². The fourth-order valence-electron chi connectivity index (χ4n) is 1.90. The van der Waals surface area contributed by atoms with Crippen LogP contribution in [0, 0.1) is 0 Å². The van der Waals surface area contributed by atoms with Crippen LogP contribution in [0.2, 0.25) is 39.3 Å². The highest BCUT2D eigenvalue weighted by Crippen LogP contribution is 2.32. The molecule has 1 aliphatic heterocycles. The van der Waals surface area contributed by atoms with E-state index < -0.39 is 22.2 Å². The summed E-state index contributed by atoms with van der Waals surface area (Å²) in [5, 5.41) is 0. The highest BCUT2D eigenvalue weighted by molar-refractivity contribution is 6.70. The molecule has 1 saturated heterocycles. The van der Waals surface area contributed by atoms with E-state index in [1.807, 2.05) is 0 Å². The van der Waals surface area contributed by atoms with Crippen LogP contribution in [0.1, 0.15) is 6.92 Å². The minimum Gasteiger partial charge on any atom is -0.461 e. The maximum atomic E-state index is 11.9. The van der Waals surface area contributed by atoms with E-state index >= 15 is 0 Å². The van der Waals surface area contributed by atoms with Gasteiger partial charge in [-0.05, 0) is 46.2 Å². The fraction of sp³-hybridized carbons (Fsp3) is 0.909. The second kappa shape index (κ2) is 4.49. The molecule has 1 rings (SSSR count). The first kappa shape index (κ1) is 14.9. The van der Waals surface area contributed by atoms with E-state index in [9.17, 15) is 4.79 Å². The van der Waals surface area contributed by atoms with Crippen molar-refractivity contribution in [1.29, 1.82) is 0 Å². The lowest BCUT2D eigenvalue weighted by Gasteiger charge is -2.36. The smallest absolute Gasteiger partial charge is 0.339 e. The minimum atomic E-state index is -1.82. The van der Waals surface area contributed by atoms with Gasteiger partial charge in [-0.15, -0.1) is 0 Å². The molecule has 4 nitrogen and oxygen atoms in total. The molecule has 100 valence electrons. The van der Waals surface area contributed by atoms with Gasteiger partial charge in [0.15, 0.2) is 22.2 Å². The standard InChI is InChI=1S/C11H24O4Si2/c1-11(15-17(5,6)7)9(8-13-10(11)12)14-16(2,3)4/h9H,8H2,1-7H3/t9-,11+/m0/s1. The Kier molecular flexibility index (Phi) is 3.93. The molecule has 0 aromatic heterocycles. The average Bonchev–Trinajstić information content (AvgIpc) is 2.27. The van der Waals surface area contributed by atoms with Crippen molar-refractivity contribution in [2.45, 2.75) is 57.9 Å². The molecule has 0 unspecified atom stereocenters. The molecule has 6 heteroatoms. The van der Waals surface area contributed by atoms with Crippen LogP contribution in [-0.2, 0) is 18.4 Å². The predicted octanol–water partition coefficient (Wildman–Crippen LogP) is 2.37. The Morgan fingerprint density at radius 1 is 1.18 bits per heavy atom. The maximum absolute atomic E-state index is 11.9. The van der Waals surface area contributed by atoms with Gasteiger partial charge in [-0.1, -0.05) is 0 Å². The third kappa shape index (κ3) is 3.91. The second-order valence-electron chi connectivity index (χ2n) is 6.64. The predicted molar refractivity (Wildman–Crippen MR) is 72.0 cm³/mol. The zero-order valence-corrected chi connectivity index (χ0v) is 13.9. The fourth-order valence-corrected chi connectivity index (χ4v) is 4.54. The summed E-state index contributed by atoms with van der Waals surface area (Å²) in [5.74, 6) is -0.289. The zero-order chi connectivity index (χ0) is 13.5. The lowest BCUT2D eigenvalue weighted by atomic mass is 10.0. The van der Waals surface area contributed by atoms with Crippen molar-refractivity contribution in [3.05, 3.63) is 0 Å². The average molecular weight is 276 g/mol. The molecule has 2 atom stereocenters. The van der Waals surface area contributed by atoms with Gasteiger partial charge in [0.2, 0.25) is 0 Å². The van der Waals surface area contributed by atoms with Gasteiger partial charge in [0.25, 0.3) is 0 Å². The Labute approximate surface area is 106 Å². The number of esters is 1. The van der Waals surface area contributed by atoms with Gasteiger partial charge in [0.05, 0.1) is 0 Å². The van der Waals surface area contributed by atoms with E-state index in [-0.39, 0.29) is 12.1 Å². The molecular weight excluding hydrogens is 252 g/mol. The van der Waals surface area contributed by atoms with E-state index in [4.69, 9.17) is 13.6 Å². The molecule has 0 saturated carbocycles. The van der Waals surface area contributed by atoms with Crippen molar-refractivity contribution >= 4 is 22.6 Å². The van der Waals surface area contributed by atoms with E-state index in [2.05, 4.69) is 39.3 Å². The van der Waals surface area contributed by atoms with Gasteiger partial charge < -0.3 is 13.6 Å². The third-order valence-electron chi connectivity index (χ3n) is 2.40. The quantitative estimate of drug-likeness (QED) is 0.584. The van der Waals surface area contributed by atoms with E-state index in [0.717, 1.165) is 0 Å². The summed E-state index contributed by atoms with van der Waals surface area (Å²) in [6, 6.07) is 0. The van der Waals surface area contributed by atoms with Crippen LogP contribution >= 0.6 is 0 Å². The third-order valence-corrected chi connectivity index (χ3v) is 4.43. The summed E-state index contributed by atoms with van der Waals surface area (Å²) in [4.78, 5) is 11.9. The molecule has 0 radical (unpaired) electrons. The Balaban J connectivity index is 2.88. The van der Waals surface area contributed by atoms with Gasteiger partial charge in [-0.25, -0.2) is 4.79 Å². The summed E-state index contributed by atoms with van der Waals surface area (Å²) >= 11 is 0. The van der Waals surface area contributed by atoms with Crippen molar-refractivity contribution in [3.8, 4) is 0 Å². The molecule has 0 amide bonds. The van der Waals surface area contributed by atoms with E-state index in [1.165, 1.54) is 0 Å². The normalized spacial score (nSPS) is 30.5. The van der Waals surface area contributed by atoms with Crippen LogP contribution in [-0.4, -0.2) is 40.9 Å². The number of hydrogen-bond acceptors (Lipinski definition) is 4. The van der Waals surface area contributed by atoms with Crippen LogP contribution < -0.4 is 0 Å². The maximum Gasteiger partial charge on any atom is 0.339 e. The van der Waals surface area contributed by atoms with Crippen molar-refractivity contribution in [2.24, 2.45) is 0 Å². The molecule has 0 aromatic carbocycles. The lowest BCUT2D eigenvalue weighted by Crippen LogP contribution is -2.53. The lowest BCUT2D eigenvalue weighted by molar-refractivity contribution is -0.151. The number of carbonyl (C=O) groups is 1. The molecule has 0 aromatic rings. The Morgan fingerprint density at radius 3 is 2.12 bits per heavy atom. The molecule has 17 heavy (non-hydrogen) atoms. The highest BCUT2D eigenvalue weighted by Gasteiger charge is 2.53. The molecular formula is C11H24O4Si2. The zero-order valence-electron chi connectivity index (χ0n) is 11.9. The molecule has 1 aliphatic rings. The number of carbonyl (C=O) groups excluding carboxylic acids is 1. The first-order valence-electron chi connectivity index (χ1n) is 5.99. The number of ether oxygens (including phenoxy) is 1. The topological polar surface area (TPSA) is 44.8 Å². The van der Waals surface area contributed by atoms with Crippen molar-refractivity contribution in [3.63, 3.8) is 0 Å². The van der Waals surface area contributed by atoms with Gasteiger partial charge in [0, 0.05) is 0 Å². The highest BCUT2D eigenvalue weighted by atomic mass is 28.4. The number of rotatable bonds is 4. The summed E-state index contributed by atoms with van der Waals surface area (Å²) < 4.78 is 17.2. The largest absolute Gasteiger partial charge is 0.461 e. The SMILES string of the molecule is C[C@]1(O[Si](C)(C)C)C(=O)OC[C@@H]1O[Si](C)(C)C. The van der Waals surface area contributed by atoms with E-state index in [1.54, 1.807) is 6.92 Å². The van der Waals surface area contributed by atoms with Gasteiger partial charge in [-0.3, -0.25) is 0 Å². The van der Waals surface area contributed by atoms with Crippen molar-refractivity contribution in [1.82, 2.24) is 0 Å². The van der Waals surface area contributed by atoms with Crippen LogP contribution in [0.15, 0.2) is 0 Å². The number of hydrogen-bond donors (Lipinski definition) is 0.